The molecule has 0 spiro atoms. The van der Waals surface area contributed by atoms with Gasteiger partial charge in [0, 0.05) is 57.1 Å². The molecule has 0 saturated heterocycles. The summed E-state index contributed by atoms with van der Waals surface area (Å²) in [6.45, 7) is 5.28. The zero-order chi connectivity index (χ0) is 31.9. The maximum atomic E-state index is 13.5. The van der Waals surface area contributed by atoms with Gasteiger partial charge < -0.3 is 25.8 Å². The van der Waals surface area contributed by atoms with E-state index in [-0.39, 0.29) is 67.0 Å². The number of nitrogens with one attached hydrogen (secondary N) is 4. The minimum atomic E-state index is -0.723. The summed E-state index contributed by atoms with van der Waals surface area (Å²) in [4.78, 5) is 77.9. The Morgan fingerprint density at radius 3 is 2.62 bits per heavy atom. The predicted molar refractivity (Wildman–Crippen MR) is 164 cm³/mol. The number of rotatable bonds is 3. The second-order valence-corrected chi connectivity index (χ2v) is 11.2. The van der Waals surface area contributed by atoms with E-state index in [9.17, 15) is 24.0 Å². The zero-order valence-electron chi connectivity index (χ0n) is 25.4. The Labute approximate surface area is 258 Å². The lowest BCUT2D eigenvalue weighted by Gasteiger charge is -2.24. The highest BCUT2D eigenvalue weighted by atomic mass is 16.2. The average molecular weight is 619 g/mol. The molecule has 45 heavy (non-hydrogen) atoms. The van der Waals surface area contributed by atoms with Crippen molar-refractivity contribution < 1.29 is 19.2 Å². The number of benzene rings is 1. The number of carbonyl (C=O) groups is 4. The molecule has 2 atom stereocenters. The van der Waals surface area contributed by atoms with Crippen molar-refractivity contribution in [2.45, 2.75) is 58.5 Å². The number of amides is 4. The smallest absolute Gasteiger partial charge is 0.326 e. The van der Waals surface area contributed by atoms with E-state index in [1.165, 1.54) is 4.52 Å². The van der Waals surface area contributed by atoms with Gasteiger partial charge in [-0.05, 0) is 49.4 Å². The van der Waals surface area contributed by atoms with Crippen molar-refractivity contribution in [3.63, 3.8) is 0 Å². The van der Waals surface area contributed by atoms with Crippen LogP contribution in [0.2, 0.25) is 0 Å². The van der Waals surface area contributed by atoms with Gasteiger partial charge in [0.05, 0.1) is 11.0 Å². The van der Waals surface area contributed by atoms with E-state index in [0.29, 0.717) is 55.4 Å². The molecule has 0 saturated carbocycles. The molecule has 2 bridgehead atoms. The number of H-pyrrole nitrogens is 1. The topological polar surface area (TPSA) is 188 Å². The van der Waals surface area contributed by atoms with E-state index < -0.39 is 11.9 Å². The molecule has 0 aliphatic carbocycles. The first-order valence-corrected chi connectivity index (χ1v) is 15.3. The number of hydrogen-bond acceptors (Lipinski definition) is 8. The SMILES string of the molecule is CC[C@H](C)[C@@H]1NC(=O)CCCN(C(=O)c2nc3ncccn3n2)CCCNC(=O)c2ccc3[nH]c(=O)n(c3c2)CCCNC1=O. The number of aromatic nitrogens is 6. The van der Waals surface area contributed by atoms with E-state index >= 15 is 0 Å². The fourth-order valence-electron chi connectivity index (χ4n) is 5.31. The monoisotopic (exact) mass is 618 g/mol. The van der Waals surface area contributed by atoms with Crippen LogP contribution < -0.4 is 21.6 Å². The largest absolute Gasteiger partial charge is 0.354 e. The Hall–Kier alpha value is -5.08. The van der Waals surface area contributed by atoms with Crippen molar-refractivity contribution in [2.24, 2.45) is 5.92 Å². The van der Waals surface area contributed by atoms with Gasteiger partial charge in [-0.25, -0.2) is 14.3 Å². The normalized spacial score (nSPS) is 18.7. The van der Waals surface area contributed by atoms with Crippen molar-refractivity contribution in [1.82, 2.24) is 50.0 Å². The number of aryl methyl sites for hydroxylation is 1. The van der Waals surface area contributed by atoms with Gasteiger partial charge in [0.25, 0.3) is 17.6 Å². The third kappa shape index (κ3) is 7.36. The van der Waals surface area contributed by atoms with E-state index in [4.69, 9.17) is 0 Å². The maximum absolute atomic E-state index is 13.5. The molecule has 0 fully saturated rings. The van der Waals surface area contributed by atoms with Crippen LogP contribution in [0.25, 0.3) is 16.8 Å². The average Bonchev–Trinajstić information content (AvgIpc) is 3.61. The Morgan fingerprint density at radius 1 is 1.04 bits per heavy atom. The Bertz CT molecular complexity index is 1730. The lowest BCUT2D eigenvalue weighted by molar-refractivity contribution is -0.130. The van der Waals surface area contributed by atoms with Crippen LogP contribution in [0, 0.1) is 5.92 Å². The Balaban J connectivity index is 1.37. The van der Waals surface area contributed by atoms with Gasteiger partial charge >= 0.3 is 5.69 Å². The number of imidazole rings is 1. The van der Waals surface area contributed by atoms with Gasteiger partial charge in [0.1, 0.15) is 6.04 Å². The number of hydrogen-bond donors (Lipinski definition) is 4. The van der Waals surface area contributed by atoms with Crippen LogP contribution in [-0.4, -0.2) is 89.9 Å². The quantitative estimate of drug-likeness (QED) is 0.260. The molecule has 0 radical (unpaired) electrons. The lowest BCUT2D eigenvalue weighted by Crippen LogP contribution is -2.50. The first kappa shape index (κ1) is 31.3. The summed E-state index contributed by atoms with van der Waals surface area (Å²) in [5, 5.41) is 12.9. The summed E-state index contributed by atoms with van der Waals surface area (Å²) in [5.74, 6) is -1.16. The molecular formula is C30H38N10O5. The first-order valence-electron chi connectivity index (χ1n) is 15.3. The summed E-state index contributed by atoms with van der Waals surface area (Å²) in [5.41, 5.74) is 1.27. The minimum Gasteiger partial charge on any atom is -0.354 e. The van der Waals surface area contributed by atoms with E-state index in [1.54, 1.807) is 46.1 Å². The molecule has 4 N–H and O–H groups in total. The third-order valence-corrected chi connectivity index (χ3v) is 8.02. The number of aromatic amines is 1. The molecule has 1 aliphatic heterocycles. The highest BCUT2D eigenvalue weighted by molar-refractivity contribution is 5.97. The minimum absolute atomic E-state index is 0.0212. The van der Waals surface area contributed by atoms with Crippen LogP contribution in [0.1, 0.15) is 66.9 Å². The molecule has 4 heterocycles. The summed E-state index contributed by atoms with van der Waals surface area (Å²) < 4.78 is 2.96. The van der Waals surface area contributed by atoms with Gasteiger partial charge in [-0.1, -0.05) is 20.3 Å². The number of carbonyl (C=O) groups excluding carboxylic acids is 4. The van der Waals surface area contributed by atoms with Crippen molar-refractivity contribution in [2.75, 3.05) is 26.2 Å². The van der Waals surface area contributed by atoms with Crippen molar-refractivity contribution in [3.05, 3.63) is 58.5 Å². The fourth-order valence-corrected chi connectivity index (χ4v) is 5.31. The van der Waals surface area contributed by atoms with E-state index in [1.807, 2.05) is 13.8 Å². The lowest BCUT2D eigenvalue weighted by atomic mass is 9.98. The number of nitrogens with zero attached hydrogens (tertiary/aromatic N) is 6. The molecular weight excluding hydrogens is 580 g/mol. The van der Waals surface area contributed by atoms with E-state index in [0.717, 1.165) is 0 Å². The molecule has 3 aromatic heterocycles. The molecule has 0 unspecified atom stereocenters. The molecule has 5 rings (SSSR count). The van der Waals surface area contributed by atoms with Crippen molar-refractivity contribution in [1.29, 1.82) is 0 Å². The van der Waals surface area contributed by atoms with Gasteiger partial charge in [0.15, 0.2) is 0 Å². The summed E-state index contributed by atoms with van der Waals surface area (Å²) >= 11 is 0. The third-order valence-electron chi connectivity index (χ3n) is 8.02. The standard InChI is InChI=1S/C30H38N10O5/c1-3-19(2)24-27(43)32-12-6-16-39-22-18-20(9-10-21(22)34-30(39)45)26(42)31-11-5-15-38(14-4-8-23(41)35-24)28(44)25-36-29-33-13-7-17-40(29)37-25/h7,9-10,13,17-19,24H,3-6,8,11-12,14-16H2,1-2H3,(H,31,42)(H,32,43)(H,34,45)(H,35,41)/t19-,24-/m0/s1. The van der Waals surface area contributed by atoms with Gasteiger partial charge in [-0.3, -0.25) is 23.7 Å². The van der Waals surface area contributed by atoms with Crippen LogP contribution in [-0.2, 0) is 16.1 Å². The van der Waals surface area contributed by atoms with Crippen LogP contribution in [0.3, 0.4) is 0 Å². The van der Waals surface area contributed by atoms with Crippen LogP contribution in [0.4, 0.5) is 0 Å². The predicted octanol–water partition coefficient (Wildman–Crippen LogP) is 0.861. The fraction of sp³-hybridized carbons (Fsp3) is 0.467. The molecule has 15 nitrogen and oxygen atoms in total. The van der Waals surface area contributed by atoms with E-state index in [2.05, 4.69) is 36.0 Å². The van der Waals surface area contributed by atoms with Gasteiger partial charge in [-0.15, -0.1) is 5.10 Å². The summed E-state index contributed by atoms with van der Waals surface area (Å²) in [6.07, 6.45) is 5.23. The van der Waals surface area contributed by atoms with Crippen LogP contribution in [0.5, 0.6) is 0 Å². The van der Waals surface area contributed by atoms with Crippen LogP contribution >= 0.6 is 0 Å². The molecule has 1 aromatic carbocycles. The van der Waals surface area contributed by atoms with Gasteiger partial charge in [-0.2, -0.15) is 4.98 Å². The van der Waals surface area contributed by atoms with Crippen molar-refractivity contribution in [3.8, 4) is 0 Å². The van der Waals surface area contributed by atoms with Gasteiger partial charge in [0.2, 0.25) is 17.6 Å². The molecule has 4 aromatic rings. The molecule has 4 amide bonds. The molecule has 15 heteroatoms. The highest BCUT2D eigenvalue weighted by Gasteiger charge is 2.26. The second kappa shape index (κ2) is 14.1. The van der Waals surface area contributed by atoms with Crippen molar-refractivity contribution >= 4 is 40.4 Å². The highest BCUT2D eigenvalue weighted by Crippen LogP contribution is 2.14. The summed E-state index contributed by atoms with van der Waals surface area (Å²) in [7, 11) is 0. The molecule has 1 aliphatic rings. The number of fused-ring (bicyclic) bond motifs is 2. The Morgan fingerprint density at radius 2 is 1.82 bits per heavy atom. The summed E-state index contributed by atoms with van der Waals surface area (Å²) in [6, 6.07) is 5.96. The first-order chi connectivity index (χ1) is 21.7. The Kier molecular flexibility index (Phi) is 9.85. The van der Waals surface area contributed by atoms with Crippen LogP contribution in [0.15, 0.2) is 41.5 Å². The zero-order valence-corrected chi connectivity index (χ0v) is 25.4. The molecule has 238 valence electrons. The maximum Gasteiger partial charge on any atom is 0.326 e. The second-order valence-electron chi connectivity index (χ2n) is 11.2.